The van der Waals surface area contributed by atoms with Crippen LogP contribution in [0.1, 0.15) is 406 Å². The second kappa shape index (κ2) is 49.8. The van der Waals surface area contributed by atoms with E-state index in [1.54, 1.807) is 34.6 Å². The Balaban J connectivity index is -0.000000149. The molecule has 0 saturated heterocycles. The Bertz CT molecular complexity index is 1570. The zero-order valence-electron chi connectivity index (χ0n) is 71.1. The molecule has 0 N–H and O–H groups in total. The molecular weight excluding hydrogens is 1180 g/mol. The van der Waals surface area contributed by atoms with Crippen molar-refractivity contribution in [3.05, 3.63) is 0 Å². The van der Waals surface area contributed by atoms with Gasteiger partial charge in [-0.15, -0.1) is 0 Å². The second-order valence-electron chi connectivity index (χ2n) is 34.6. The van der Waals surface area contributed by atoms with Crippen LogP contribution in [0, 0.1) is 93.2 Å². The Morgan fingerprint density at radius 1 is 0.355 bits per heavy atom. The van der Waals surface area contributed by atoms with Crippen molar-refractivity contribution in [1.29, 1.82) is 0 Å². The number of hydrogen-bond donors (Lipinski definition) is 0. The van der Waals surface area contributed by atoms with E-state index in [2.05, 4.69) is 152 Å². The van der Waals surface area contributed by atoms with Crippen molar-refractivity contribution < 1.29 is 39.5 Å². The zero-order valence-corrected chi connectivity index (χ0v) is 71.1. The molecule has 1 rings (SSSR count). The van der Waals surface area contributed by atoms with Crippen molar-refractivity contribution in [2.24, 2.45) is 93.2 Å². The first-order valence-electron chi connectivity index (χ1n) is 38.7. The van der Waals surface area contributed by atoms with Crippen molar-refractivity contribution in [2.45, 2.75) is 452 Å². The smallest absolute Gasteiger partial charge is 0.244 e. The topological polar surface area (TPSA) is 0 Å². The fourth-order valence-corrected chi connectivity index (χ4v) is 13.1. The van der Waals surface area contributed by atoms with Gasteiger partial charge in [-0.1, -0.05) is 281 Å². The molecule has 0 spiro atoms. The summed E-state index contributed by atoms with van der Waals surface area (Å²) in [5, 5.41) is 0. The van der Waals surface area contributed by atoms with Crippen LogP contribution in [-0.4, -0.2) is 45.6 Å². The molecule has 0 aromatic rings. The first-order valence-corrected chi connectivity index (χ1v) is 38.7. The highest BCUT2D eigenvalue weighted by Gasteiger charge is 2.53. The third-order valence-corrected chi connectivity index (χ3v) is 23.1. The quantitative estimate of drug-likeness (QED) is 0.0685. The normalized spacial score (nSPS) is 16.1. The van der Waals surface area contributed by atoms with Crippen LogP contribution in [0.25, 0.3) is 0 Å². The van der Waals surface area contributed by atoms with Crippen LogP contribution < -0.4 is 0 Å². The maximum absolute atomic E-state index is 15.4. The van der Waals surface area contributed by atoms with E-state index in [1.807, 2.05) is 104 Å². The molecule has 3 atom stereocenters. The van der Waals surface area contributed by atoms with Gasteiger partial charge in [-0.2, -0.15) is 0 Å². The van der Waals surface area contributed by atoms with Crippen LogP contribution in [0.4, 0.5) is 39.5 Å². The van der Waals surface area contributed by atoms with E-state index in [0.29, 0.717) is 73.5 Å². The van der Waals surface area contributed by atoms with Crippen LogP contribution in [0.3, 0.4) is 0 Å². The Kier molecular flexibility index (Phi) is 58.0. The predicted molar refractivity (Wildman–Crippen MR) is 406 cm³/mol. The first kappa shape index (κ1) is 108. The molecule has 0 aliphatic heterocycles. The molecule has 0 radical (unpaired) electrons. The lowest BCUT2D eigenvalue weighted by atomic mass is 9.57. The summed E-state index contributed by atoms with van der Waals surface area (Å²) in [6.45, 7) is 84.2. The molecule has 1 unspecified atom stereocenters. The summed E-state index contributed by atoms with van der Waals surface area (Å²) in [5.74, 6) is 1.08. The van der Waals surface area contributed by atoms with Crippen LogP contribution in [0.2, 0.25) is 0 Å². The van der Waals surface area contributed by atoms with Crippen LogP contribution >= 0.6 is 0 Å². The third-order valence-electron chi connectivity index (χ3n) is 23.1. The zero-order chi connectivity index (χ0) is 76.7. The lowest BCUT2D eigenvalue weighted by Crippen LogP contribution is -2.51. The van der Waals surface area contributed by atoms with Crippen molar-refractivity contribution >= 4 is 0 Å². The fourth-order valence-electron chi connectivity index (χ4n) is 13.1. The van der Waals surface area contributed by atoms with E-state index >= 15 is 8.78 Å². The van der Waals surface area contributed by atoms with Crippen LogP contribution in [0.15, 0.2) is 0 Å². The van der Waals surface area contributed by atoms with E-state index in [0.717, 1.165) is 64.2 Å². The molecule has 9 heteroatoms. The van der Waals surface area contributed by atoms with Gasteiger partial charge >= 0.3 is 0 Å². The monoisotopic (exact) mass is 1360 g/mol. The molecule has 0 nitrogen and oxygen atoms in total. The van der Waals surface area contributed by atoms with E-state index in [4.69, 9.17) is 0 Å². The highest BCUT2D eigenvalue weighted by Crippen LogP contribution is 2.54. The SMILES string of the molecule is CC(C)(C)C.CC(C)C(C(C)C)C(C)(F)C(C(C)C)C(C)C.CC(C)C(C)(F)C(C)C.CC1CCC(F)(F)CC1.CCC(C)(CC)C(C)(F)C(C)(CC)CC.CCC(C)(F)CC.CCC(CC)C(C)(F)C(CC)CC.CCC[C@](C)(F)C(C)CC.CC[C@](C)(F)C(C)C. The number of alkyl halides is 9. The highest BCUT2D eigenvalue weighted by atomic mass is 19.3. The summed E-state index contributed by atoms with van der Waals surface area (Å²) < 4.78 is 122. The molecule has 574 valence electrons. The fraction of sp³-hybridized carbons (Fsp3) is 1.00. The lowest BCUT2D eigenvalue weighted by Gasteiger charge is -2.51. The van der Waals surface area contributed by atoms with Crippen molar-refractivity contribution in [3.63, 3.8) is 0 Å². The maximum atomic E-state index is 15.4. The van der Waals surface area contributed by atoms with Gasteiger partial charge in [0, 0.05) is 23.7 Å². The van der Waals surface area contributed by atoms with E-state index in [9.17, 15) is 30.7 Å². The molecule has 0 heterocycles. The average Bonchev–Trinajstić information content (AvgIpc) is 0.785. The highest BCUT2D eigenvalue weighted by molar-refractivity contribution is 5.02. The standard InChI is InChI=1S/C16H33F.C14H29F.C12H25F.C9H19F.C8H17F.C7H12F2.C7H15F.C6H13F.C5H12/c1-10(2)14(11(3)4)16(9,17)15(12(5)6)13(7)8;1-8-12(5,9-2)14(7,15)13(6,10-3)11-4;1-6-10(7-2)12(5,13)11(8-3)9-4;1-5-7-9(4,10)8(3)6-2;1-6(2)8(5,9)7(3)4;1-6-2-4-7(8,9)5-3-6;1-5-7(4,8)6(2)3;1-4-6(3,7)5-2;1-5(2,3)4/h10-15H,1-9H3;8-11H2,1-7H3;10-11H,6-9H2,1-5H3;8H,5-7H2,1-4H3;6-7H,1-5H3;6H,2-5H2,1H3;6H,5H2,1-4H3;4-5H2,1-3H3;1-4H3/t;;;8?,9-;;;7-;;/m...0..0../s1. The van der Waals surface area contributed by atoms with Gasteiger partial charge in [0.25, 0.3) is 0 Å². The van der Waals surface area contributed by atoms with Gasteiger partial charge in [-0.05, 0) is 195 Å². The molecule has 93 heavy (non-hydrogen) atoms. The van der Waals surface area contributed by atoms with E-state index in [-0.39, 0.29) is 71.0 Å². The maximum Gasteiger partial charge on any atom is 0.248 e. The molecule has 1 aliphatic carbocycles. The third kappa shape index (κ3) is 44.3. The number of rotatable bonds is 28. The minimum atomic E-state index is -2.34. The molecule has 0 aromatic carbocycles. The summed E-state index contributed by atoms with van der Waals surface area (Å²) >= 11 is 0. The van der Waals surface area contributed by atoms with E-state index in [1.165, 1.54) is 0 Å². The predicted octanol–water partition coefficient (Wildman–Crippen LogP) is 32.3. The van der Waals surface area contributed by atoms with Gasteiger partial charge in [0.15, 0.2) is 0 Å². The molecule has 1 saturated carbocycles. The van der Waals surface area contributed by atoms with Gasteiger partial charge in [0.1, 0.15) is 39.7 Å². The van der Waals surface area contributed by atoms with Crippen molar-refractivity contribution in [2.75, 3.05) is 0 Å². The minimum Gasteiger partial charge on any atom is -0.244 e. The van der Waals surface area contributed by atoms with Gasteiger partial charge in [0.2, 0.25) is 5.92 Å². The molecular formula is C84H175F9. The molecule has 1 aliphatic rings. The largest absolute Gasteiger partial charge is 0.248 e. The van der Waals surface area contributed by atoms with Crippen LogP contribution in [0.5, 0.6) is 0 Å². The molecule has 0 amide bonds. The average molecular weight is 1360 g/mol. The molecule has 0 aromatic heterocycles. The van der Waals surface area contributed by atoms with E-state index < -0.39 is 45.6 Å². The van der Waals surface area contributed by atoms with Gasteiger partial charge in [-0.25, -0.2) is 39.5 Å². The minimum absolute atomic E-state index is 0.105. The number of hydrogen-bond acceptors (Lipinski definition) is 0. The summed E-state index contributed by atoms with van der Waals surface area (Å²) in [7, 11) is 0. The Labute approximate surface area is 582 Å². The summed E-state index contributed by atoms with van der Waals surface area (Å²) in [6, 6.07) is 0. The summed E-state index contributed by atoms with van der Waals surface area (Å²) in [6.07, 6.45) is 13.5. The molecule has 0 bridgehead atoms. The Morgan fingerprint density at radius 2 is 0.624 bits per heavy atom. The summed E-state index contributed by atoms with van der Waals surface area (Å²) in [5.41, 5.74) is -6.85. The van der Waals surface area contributed by atoms with Crippen LogP contribution in [-0.2, 0) is 0 Å². The molecule has 1 fully saturated rings. The lowest BCUT2D eigenvalue weighted by molar-refractivity contribution is -0.0946. The number of halogens is 9. The van der Waals surface area contributed by atoms with Crippen molar-refractivity contribution in [3.8, 4) is 0 Å². The Hall–Kier alpha value is -0.630. The van der Waals surface area contributed by atoms with Gasteiger partial charge in [0.05, 0.1) is 0 Å². The van der Waals surface area contributed by atoms with Gasteiger partial charge < -0.3 is 0 Å². The Morgan fingerprint density at radius 3 is 0.753 bits per heavy atom. The first-order chi connectivity index (χ1) is 41.5. The second-order valence-corrected chi connectivity index (χ2v) is 34.6. The van der Waals surface area contributed by atoms with Gasteiger partial charge in [-0.3, -0.25) is 0 Å². The van der Waals surface area contributed by atoms with Crippen molar-refractivity contribution in [1.82, 2.24) is 0 Å². The summed E-state index contributed by atoms with van der Waals surface area (Å²) in [4.78, 5) is 0.